The van der Waals surface area contributed by atoms with Crippen LogP contribution in [0.25, 0.3) is 38.1 Å². The van der Waals surface area contributed by atoms with E-state index in [1.807, 2.05) is 6.07 Å². The van der Waals surface area contributed by atoms with Crippen LogP contribution in [0.5, 0.6) is 0 Å². The molecule has 3 aliphatic rings. The zero-order valence-corrected chi connectivity index (χ0v) is 19.8. The molecule has 36 heavy (non-hydrogen) atoms. The second-order valence-corrected chi connectivity index (χ2v) is 10.0. The van der Waals surface area contributed by atoms with Crippen molar-refractivity contribution in [2.45, 2.75) is 38.6 Å². The van der Waals surface area contributed by atoms with Crippen LogP contribution in [0.3, 0.4) is 0 Å². The maximum absolute atomic E-state index is 16.2. The van der Waals surface area contributed by atoms with E-state index in [9.17, 15) is 8.78 Å². The van der Waals surface area contributed by atoms with Gasteiger partial charge in [0.15, 0.2) is 11.6 Å². The highest BCUT2D eigenvalue weighted by Gasteiger charge is 2.42. The minimum atomic E-state index is -0.739. The molecule has 4 aromatic rings. The molecule has 7 rings (SSSR count). The number of fused-ring (bicyclic) bond motifs is 4. The number of hydrogen-bond donors (Lipinski definition) is 2. The van der Waals surface area contributed by atoms with Crippen LogP contribution in [-0.2, 0) is 0 Å². The fourth-order valence-electron chi connectivity index (χ4n) is 6.33. The molecule has 7 heteroatoms. The molecule has 3 aliphatic carbocycles. The number of pyridine rings is 1. The molecular formula is C29H25F3N4. The third-order valence-corrected chi connectivity index (χ3v) is 8.19. The first-order valence-electron chi connectivity index (χ1n) is 12.4. The number of nitrogens with zero attached hydrogens (tertiary/aromatic N) is 2. The molecule has 3 fully saturated rings. The predicted molar refractivity (Wildman–Crippen MR) is 135 cm³/mol. The molecule has 2 aromatic heterocycles. The van der Waals surface area contributed by atoms with E-state index >= 15 is 4.39 Å². The van der Waals surface area contributed by atoms with E-state index in [1.54, 1.807) is 24.3 Å². The maximum Gasteiger partial charge on any atom is 0.223 e. The molecule has 0 saturated heterocycles. The van der Waals surface area contributed by atoms with Gasteiger partial charge in [-0.2, -0.15) is 0 Å². The van der Waals surface area contributed by atoms with Gasteiger partial charge in [-0.05, 0) is 55.1 Å². The van der Waals surface area contributed by atoms with Gasteiger partial charge in [-0.25, -0.2) is 23.0 Å². The maximum atomic E-state index is 16.2. The Hall–Kier alpha value is -3.79. The molecule has 0 unspecified atom stereocenters. The summed E-state index contributed by atoms with van der Waals surface area (Å²) in [4.78, 5) is 11.1. The van der Waals surface area contributed by atoms with Crippen molar-refractivity contribution in [1.82, 2.24) is 9.97 Å². The summed E-state index contributed by atoms with van der Waals surface area (Å²) >= 11 is 0. The average molecular weight is 487 g/mol. The highest BCUT2D eigenvalue weighted by atomic mass is 19.1. The SMILES string of the molecule is [C-]#[N+]c1c(-c2c[nH]c3c(F)cc(F)cc23)nc(N[C@@H]2C3CCC(CC3)[C@H]2C)c(F)c1-c1ccccc1. The summed E-state index contributed by atoms with van der Waals surface area (Å²) in [5.74, 6) is -0.567. The highest BCUT2D eigenvalue weighted by molar-refractivity contribution is 6.01. The van der Waals surface area contributed by atoms with E-state index in [2.05, 4.69) is 27.1 Å². The lowest BCUT2D eigenvalue weighted by Gasteiger charge is -2.47. The zero-order chi connectivity index (χ0) is 25.0. The van der Waals surface area contributed by atoms with E-state index < -0.39 is 17.5 Å². The third kappa shape index (κ3) is 3.55. The molecule has 2 aromatic carbocycles. The van der Waals surface area contributed by atoms with Gasteiger partial charge in [0.25, 0.3) is 0 Å². The summed E-state index contributed by atoms with van der Waals surface area (Å²) in [5.41, 5.74) is 1.35. The first-order chi connectivity index (χ1) is 17.5. The van der Waals surface area contributed by atoms with Crippen LogP contribution in [0.4, 0.5) is 24.7 Å². The first-order valence-corrected chi connectivity index (χ1v) is 12.4. The number of nitrogens with one attached hydrogen (secondary N) is 2. The Labute approximate surface area is 207 Å². The van der Waals surface area contributed by atoms with Crippen LogP contribution >= 0.6 is 0 Å². The molecule has 3 saturated carbocycles. The normalized spacial score (nSPS) is 23.1. The van der Waals surface area contributed by atoms with Gasteiger partial charge in [-0.15, -0.1) is 0 Å². The third-order valence-electron chi connectivity index (χ3n) is 8.19. The van der Waals surface area contributed by atoms with E-state index in [0.717, 1.165) is 18.9 Å². The molecule has 0 radical (unpaired) electrons. The van der Waals surface area contributed by atoms with Crippen molar-refractivity contribution in [3.63, 3.8) is 0 Å². The Balaban J connectivity index is 1.58. The van der Waals surface area contributed by atoms with Crippen LogP contribution < -0.4 is 5.32 Å². The van der Waals surface area contributed by atoms with Crippen molar-refractivity contribution in [3.05, 3.63) is 77.5 Å². The number of aromatic nitrogens is 2. The van der Waals surface area contributed by atoms with Crippen molar-refractivity contribution in [2.75, 3.05) is 5.32 Å². The number of anilines is 1. The van der Waals surface area contributed by atoms with E-state index in [1.165, 1.54) is 25.1 Å². The average Bonchev–Trinajstić information content (AvgIpc) is 3.31. The van der Waals surface area contributed by atoms with E-state index in [4.69, 9.17) is 6.57 Å². The topological polar surface area (TPSA) is 45.1 Å². The van der Waals surface area contributed by atoms with Gasteiger partial charge in [0.05, 0.1) is 17.8 Å². The minimum absolute atomic E-state index is 0.00744. The number of H-pyrrole nitrogens is 1. The van der Waals surface area contributed by atoms with Gasteiger partial charge in [0.1, 0.15) is 11.6 Å². The smallest absolute Gasteiger partial charge is 0.223 e. The Kier molecular flexibility index (Phi) is 5.48. The van der Waals surface area contributed by atoms with Crippen molar-refractivity contribution < 1.29 is 13.2 Å². The second-order valence-electron chi connectivity index (χ2n) is 10.0. The molecule has 2 atom stereocenters. The van der Waals surface area contributed by atoms with Gasteiger partial charge in [-0.1, -0.05) is 37.3 Å². The van der Waals surface area contributed by atoms with E-state index in [-0.39, 0.29) is 39.7 Å². The van der Waals surface area contributed by atoms with Crippen LogP contribution in [-0.4, -0.2) is 16.0 Å². The van der Waals surface area contributed by atoms with Gasteiger partial charge in [0, 0.05) is 34.8 Å². The molecule has 4 nitrogen and oxygen atoms in total. The molecule has 0 aliphatic heterocycles. The molecule has 2 heterocycles. The highest BCUT2D eigenvalue weighted by Crippen LogP contribution is 2.48. The quantitative estimate of drug-likeness (QED) is 0.286. The number of halogens is 3. The summed E-state index contributed by atoms with van der Waals surface area (Å²) < 4.78 is 44.8. The van der Waals surface area contributed by atoms with Crippen molar-refractivity contribution in [1.29, 1.82) is 0 Å². The number of benzene rings is 2. The fraction of sp³-hybridized carbons (Fsp3) is 0.310. The van der Waals surface area contributed by atoms with Crippen LogP contribution in [0, 0.1) is 41.8 Å². The molecule has 0 amide bonds. The Bertz CT molecular complexity index is 1490. The lowest BCUT2D eigenvalue weighted by molar-refractivity contribution is 0.0926. The Morgan fingerprint density at radius 3 is 2.44 bits per heavy atom. The Morgan fingerprint density at radius 1 is 1.03 bits per heavy atom. The standard InChI is InChI=1S/C29H25F3N4/c1-15-16-8-10-18(11-9-16)25(15)35-29-24(32)23(17-6-4-3-5-7-17)28(33-2)27(36-29)21-14-34-26-20(21)12-19(30)13-22(26)31/h3-7,12-16,18,25,34H,8-11H2,1H3,(H,35,36)/t15-,16?,18?,25+/m1/s1. The van der Waals surface area contributed by atoms with Crippen molar-refractivity contribution in [3.8, 4) is 22.4 Å². The summed E-state index contributed by atoms with van der Waals surface area (Å²) in [6.07, 6.45) is 6.11. The number of aromatic amines is 1. The van der Waals surface area contributed by atoms with Gasteiger partial charge in [-0.3, -0.25) is 0 Å². The van der Waals surface area contributed by atoms with Crippen molar-refractivity contribution >= 4 is 22.4 Å². The summed E-state index contributed by atoms with van der Waals surface area (Å²) in [6, 6.07) is 11.0. The first kappa shape index (κ1) is 22.7. The van der Waals surface area contributed by atoms with E-state index in [0.29, 0.717) is 28.9 Å². The lowest BCUT2D eigenvalue weighted by Crippen LogP contribution is -2.47. The molecule has 2 bridgehead atoms. The molecule has 2 N–H and O–H groups in total. The van der Waals surface area contributed by atoms with Crippen LogP contribution in [0.2, 0.25) is 0 Å². The van der Waals surface area contributed by atoms with Crippen LogP contribution in [0.1, 0.15) is 32.6 Å². The lowest BCUT2D eigenvalue weighted by atomic mass is 9.62. The Morgan fingerprint density at radius 2 is 1.75 bits per heavy atom. The summed E-state index contributed by atoms with van der Waals surface area (Å²) in [6.45, 7) is 10.1. The van der Waals surface area contributed by atoms with Gasteiger partial charge in [0.2, 0.25) is 5.69 Å². The number of hydrogen-bond acceptors (Lipinski definition) is 2. The predicted octanol–water partition coefficient (Wildman–Crippen LogP) is 8.10. The van der Waals surface area contributed by atoms with Gasteiger partial charge >= 0.3 is 0 Å². The minimum Gasteiger partial charge on any atom is -0.364 e. The molecule has 182 valence electrons. The largest absolute Gasteiger partial charge is 0.364 e. The molecule has 0 spiro atoms. The number of rotatable bonds is 4. The fourth-order valence-corrected chi connectivity index (χ4v) is 6.33. The zero-order valence-electron chi connectivity index (χ0n) is 19.8. The van der Waals surface area contributed by atoms with Crippen LogP contribution in [0.15, 0.2) is 48.7 Å². The monoisotopic (exact) mass is 486 g/mol. The second kappa shape index (κ2) is 8.70. The summed E-state index contributed by atoms with van der Waals surface area (Å²) in [7, 11) is 0. The van der Waals surface area contributed by atoms with Gasteiger partial charge < -0.3 is 10.3 Å². The molecular weight excluding hydrogens is 461 g/mol. The summed E-state index contributed by atoms with van der Waals surface area (Å²) in [5, 5.41) is 3.67. The van der Waals surface area contributed by atoms with Crippen molar-refractivity contribution in [2.24, 2.45) is 17.8 Å².